The van der Waals surface area contributed by atoms with Crippen molar-refractivity contribution >= 4 is 30.7 Å². The number of likely N-dealkylation sites (tertiary alicyclic amines) is 1. The predicted octanol–water partition coefficient (Wildman–Crippen LogP) is 4.01. The molecule has 7 heteroatoms. The number of carbonyl (C=O) groups excluding carboxylic acids is 1. The minimum Gasteiger partial charge on any atom is -0.487 e. The fourth-order valence-electron chi connectivity index (χ4n) is 3.31. The van der Waals surface area contributed by atoms with Crippen LogP contribution in [0.2, 0.25) is 0 Å². The number of pyridine rings is 1. The van der Waals surface area contributed by atoms with Crippen molar-refractivity contribution in [1.29, 1.82) is 0 Å². The summed E-state index contributed by atoms with van der Waals surface area (Å²) in [6.45, 7) is 5.92. The average molecular weight is 426 g/mol. The Labute approximate surface area is 179 Å². The van der Waals surface area contributed by atoms with Gasteiger partial charge in [0, 0.05) is 30.4 Å². The van der Waals surface area contributed by atoms with Gasteiger partial charge in [0.1, 0.15) is 12.4 Å². The zero-order valence-corrected chi connectivity index (χ0v) is 18.0. The number of amides is 1. The van der Waals surface area contributed by atoms with E-state index in [-0.39, 0.29) is 36.8 Å². The lowest BCUT2D eigenvalue weighted by molar-refractivity contribution is 0.0661. The largest absolute Gasteiger partial charge is 0.487 e. The van der Waals surface area contributed by atoms with Crippen molar-refractivity contribution in [3.63, 3.8) is 0 Å². The predicted molar refractivity (Wildman–Crippen MR) is 117 cm³/mol. The SMILES string of the molecule is Cc1ccc(OCc2cccc(C(=O)N3CCCC(C(C)N)C3)c2)cn1.Cl.Cl. The molecule has 2 aromatic rings. The number of aromatic nitrogens is 1. The third kappa shape index (κ3) is 6.36. The summed E-state index contributed by atoms with van der Waals surface area (Å²) < 4.78 is 5.77. The molecular formula is C21H29Cl2N3O2. The fraction of sp³-hybridized carbons (Fsp3) is 0.429. The van der Waals surface area contributed by atoms with E-state index < -0.39 is 0 Å². The Kier molecular flexibility index (Phi) is 9.73. The lowest BCUT2D eigenvalue weighted by atomic mass is 9.92. The number of benzene rings is 1. The molecule has 28 heavy (non-hydrogen) atoms. The Bertz CT molecular complexity index is 754. The van der Waals surface area contributed by atoms with Gasteiger partial charge in [-0.3, -0.25) is 9.78 Å². The zero-order chi connectivity index (χ0) is 18.5. The highest BCUT2D eigenvalue weighted by atomic mass is 35.5. The molecule has 2 unspecified atom stereocenters. The standard InChI is InChI=1S/C21H27N3O2.2ClH/c1-15-8-9-20(12-23-15)26-14-17-5-3-6-18(11-17)21(25)24-10-4-7-19(13-24)16(2)22;;/h3,5-6,8-9,11-12,16,19H,4,7,10,13-14,22H2,1-2H3;2*1H. The molecule has 1 amide bonds. The zero-order valence-electron chi connectivity index (χ0n) is 16.3. The molecule has 2 heterocycles. The minimum absolute atomic E-state index is 0. The molecule has 3 rings (SSSR count). The van der Waals surface area contributed by atoms with Crippen LogP contribution >= 0.6 is 24.8 Å². The lowest BCUT2D eigenvalue weighted by Gasteiger charge is -2.34. The van der Waals surface area contributed by atoms with Crippen molar-refractivity contribution in [2.45, 2.75) is 39.3 Å². The Morgan fingerprint density at radius 2 is 2.11 bits per heavy atom. The summed E-state index contributed by atoms with van der Waals surface area (Å²) in [5.74, 6) is 1.19. The fourth-order valence-corrected chi connectivity index (χ4v) is 3.31. The Balaban J connectivity index is 0.00000196. The van der Waals surface area contributed by atoms with E-state index in [0.29, 0.717) is 18.1 Å². The van der Waals surface area contributed by atoms with E-state index in [1.54, 1.807) is 6.20 Å². The number of nitrogens with zero attached hydrogens (tertiary/aromatic N) is 2. The Morgan fingerprint density at radius 3 is 2.79 bits per heavy atom. The summed E-state index contributed by atoms with van der Waals surface area (Å²) in [5.41, 5.74) is 8.67. The number of piperidine rings is 1. The normalized spacial score (nSPS) is 17.1. The van der Waals surface area contributed by atoms with Crippen LogP contribution < -0.4 is 10.5 Å². The van der Waals surface area contributed by atoms with Gasteiger partial charge in [0.05, 0.1) is 6.20 Å². The number of nitrogens with two attached hydrogens (primary N) is 1. The second kappa shape index (κ2) is 11.2. The summed E-state index contributed by atoms with van der Waals surface area (Å²) in [5, 5.41) is 0. The van der Waals surface area contributed by atoms with Crippen molar-refractivity contribution in [2.24, 2.45) is 11.7 Å². The van der Waals surface area contributed by atoms with Crippen LogP contribution in [0.25, 0.3) is 0 Å². The summed E-state index contributed by atoms with van der Waals surface area (Å²) in [6.07, 6.45) is 3.83. The maximum absolute atomic E-state index is 12.9. The number of hydrogen-bond acceptors (Lipinski definition) is 4. The highest BCUT2D eigenvalue weighted by Gasteiger charge is 2.26. The van der Waals surface area contributed by atoms with Crippen molar-refractivity contribution in [3.05, 3.63) is 59.4 Å². The topological polar surface area (TPSA) is 68.5 Å². The molecule has 1 aliphatic heterocycles. The van der Waals surface area contributed by atoms with Crippen LogP contribution in [0, 0.1) is 12.8 Å². The molecule has 0 spiro atoms. The first kappa shape index (κ1) is 24.2. The van der Waals surface area contributed by atoms with Gasteiger partial charge in [0.25, 0.3) is 5.91 Å². The van der Waals surface area contributed by atoms with Crippen molar-refractivity contribution in [1.82, 2.24) is 9.88 Å². The lowest BCUT2D eigenvalue weighted by Crippen LogP contribution is -2.45. The molecule has 1 aliphatic rings. The monoisotopic (exact) mass is 425 g/mol. The molecule has 5 nitrogen and oxygen atoms in total. The van der Waals surface area contributed by atoms with Crippen LogP contribution in [0.4, 0.5) is 0 Å². The van der Waals surface area contributed by atoms with Gasteiger partial charge in [-0.05, 0) is 62.4 Å². The van der Waals surface area contributed by atoms with E-state index in [1.165, 1.54) is 0 Å². The number of rotatable bonds is 5. The van der Waals surface area contributed by atoms with Crippen LogP contribution in [-0.4, -0.2) is 34.9 Å². The molecule has 0 radical (unpaired) electrons. The average Bonchev–Trinajstić information content (AvgIpc) is 2.67. The molecule has 1 aromatic carbocycles. The second-order valence-corrected chi connectivity index (χ2v) is 7.14. The molecule has 2 atom stereocenters. The van der Waals surface area contributed by atoms with E-state index >= 15 is 0 Å². The van der Waals surface area contributed by atoms with E-state index in [2.05, 4.69) is 4.98 Å². The van der Waals surface area contributed by atoms with Crippen LogP contribution in [0.1, 0.15) is 41.4 Å². The Morgan fingerprint density at radius 1 is 1.32 bits per heavy atom. The highest BCUT2D eigenvalue weighted by molar-refractivity contribution is 5.94. The quantitative estimate of drug-likeness (QED) is 0.785. The maximum Gasteiger partial charge on any atom is 0.253 e. The molecule has 1 saturated heterocycles. The van der Waals surface area contributed by atoms with Crippen LogP contribution in [0.5, 0.6) is 5.75 Å². The van der Waals surface area contributed by atoms with Gasteiger partial charge in [-0.15, -0.1) is 24.8 Å². The second-order valence-electron chi connectivity index (χ2n) is 7.14. The van der Waals surface area contributed by atoms with Gasteiger partial charge in [-0.25, -0.2) is 0 Å². The van der Waals surface area contributed by atoms with Gasteiger partial charge in [0.2, 0.25) is 0 Å². The summed E-state index contributed by atoms with van der Waals surface area (Å²) >= 11 is 0. The number of carbonyl (C=O) groups is 1. The van der Waals surface area contributed by atoms with Gasteiger partial charge in [0.15, 0.2) is 0 Å². The van der Waals surface area contributed by atoms with Gasteiger partial charge >= 0.3 is 0 Å². The van der Waals surface area contributed by atoms with Crippen LogP contribution in [-0.2, 0) is 6.61 Å². The van der Waals surface area contributed by atoms with E-state index in [9.17, 15) is 4.79 Å². The van der Waals surface area contributed by atoms with Crippen LogP contribution in [0.3, 0.4) is 0 Å². The minimum atomic E-state index is 0. The van der Waals surface area contributed by atoms with E-state index in [4.69, 9.17) is 10.5 Å². The first-order valence-corrected chi connectivity index (χ1v) is 9.22. The molecule has 1 aromatic heterocycles. The Hall–Kier alpha value is -1.82. The molecule has 2 N–H and O–H groups in total. The number of aryl methyl sites for hydroxylation is 1. The number of halogens is 2. The molecular weight excluding hydrogens is 397 g/mol. The van der Waals surface area contributed by atoms with Gasteiger partial charge in [-0.1, -0.05) is 12.1 Å². The van der Waals surface area contributed by atoms with Crippen LogP contribution in [0.15, 0.2) is 42.6 Å². The third-order valence-electron chi connectivity index (χ3n) is 4.95. The first-order chi connectivity index (χ1) is 12.5. The van der Waals surface area contributed by atoms with Gasteiger partial charge in [-0.2, -0.15) is 0 Å². The molecule has 154 valence electrons. The smallest absolute Gasteiger partial charge is 0.253 e. The van der Waals surface area contributed by atoms with Crippen molar-refractivity contribution in [3.8, 4) is 5.75 Å². The highest BCUT2D eigenvalue weighted by Crippen LogP contribution is 2.21. The van der Waals surface area contributed by atoms with Gasteiger partial charge < -0.3 is 15.4 Å². The molecule has 1 fully saturated rings. The number of ether oxygens (including phenoxy) is 1. The van der Waals surface area contributed by atoms with E-state index in [0.717, 1.165) is 42.9 Å². The molecule has 0 saturated carbocycles. The van der Waals surface area contributed by atoms with Crippen molar-refractivity contribution in [2.75, 3.05) is 13.1 Å². The summed E-state index contributed by atoms with van der Waals surface area (Å²) in [7, 11) is 0. The maximum atomic E-state index is 12.9. The van der Waals surface area contributed by atoms with Crippen molar-refractivity contribution < 1.29 is 9.53 Å². The summed E-state index contributed by atoms with van der Waals surface area (Å²) in [6, 6.07) is 11.6. The molecule has 0 aliphatic carbocycles. The molecule has 0 bridgehead atoms. The summed E-state index contributed by atoms with van der Waals surface area (Å²) in [4.78, 5) is 19.0. The third-order valence-corrected chi connectivity index (χ3v) is 4.95. The number of hydrogen-bond donors (Lipinski definition) is 1. The van der Waals surface area contributed by atoms with E-state index in [1.807, 2.05) is 55.1 Å². The first-order valence-electron chi connectivity index (χ1n) is 9.22.